The van der Waals surface area contributed by atoms with Gasteiger partial charge in [0.1, 0.15) is 12.7 Å². The third-order valence-electron chi connectivity index (χ3n) is 1.43. The van der Waals surface area contributed by atoms with Gasteiger partial charge in [-0.05, 0) is 0 Å². The summed E-state index contributed by atoms with van der Waals surface area (Å²) in [4.78, 5) is 21.2. The lowest BCUT2D eigenvalue weighted by Gasteiger charge is -2.05. The highest BCUT2D eigenvalue weighted by molar-refractivity contribution is 5.99. The number of aliphatic hydroxyl groups is 1. The predicted octanol–water partition coefficient (Wildman–Crippen LogP) is -1.97. The van der Waals surface area contributed by atoms with E-state index in [-0.39, 0.29) is 6.61 Å². The molecule has 11 heavy (non-hydrogen) atoms. The Bertz CT molecular complexity index is 191. The maximum absolute atomic E-state index is 10.6. The molecule has 62 valence electrons. The Morgan fingerprint density at radius 2 is 2.36 bits per heavy atom. The molecule has 0 aromatic rings. The number of carbonyl (C=O) groups is 2. The van der Waals surface area contributed by atoms with Gasteiger partial charge in [-0.25, -0.2) is 5.48 Å². The molecule has 1 saturated heterocycles. The zero-order chi connectivity index (χ0) is 8.43. The molecule has 0 radical (unpaired) electrons. The van der Waals surface area contributed by atoms with E-state index in [0.717, 1.165) is 0 Å². The Balaban J connectivity index is 2.68. The van der Waals surface area contributed by atoms with Crippen LogP contribution in [0.4, 0.5) is 0 Å². The van der Waals surface area contributed by atoms with E-state index in [2.05, 4.69) is 4.74 Å². The molecule has 1 aliphatic rings. The average molecular weight is 161 g/mol. The summed E-state index contributed by atoms with van der Waals surface area (Å²) < 4.78 is 4.34. The summed E-state index contributed by atoms with van der Waals surface area (Å²) in [6.07, 6.45) is -1.16. The van der Waals surface area contributed by atoms with E-state index in [9.17, 15) is 9.59 Å². The lowest BCUT2D eigenvalue weighted by Crippen LogP contribution is -2.37. The van der Waals surface area contributed by atoms with Gasteiger partial charge in [0, 0.05) is 0 Å². The van der Waals surface area contributed by atoms with Crippen molar-refractivity contribution in [2.45, 2.75) is 6.10 Å². The second-order valence-electron chi connectivity index (χ2n) is 2.15. The maximum Gasteiger partial charge on any atom is 0.321 e. The van der Waals surface area contributed by atoms with Crippen molar-refractivity contribution in [1.82, 2.24) is 5.48 Å². The molecule has 0 aromatic heterocycles. The van der Waals surface area contributed by atoms with Gasteiger partial charge >= 0.3 is 5.97 Å². The summed E-state index contributed by atoms with van der Waals surface area (Å²) in [5, 5.41) is 17.1. The molecule has 6 nitrogen and oxygen atoms in total. The average Bonchev–Trinajstić information content (AvgIpc) is 2.30. The summed E-state index contributed by atoms with van der Waals surface area (Å²) in [7, 11) is 0. The molecule has 1 fully saturated rings. The molecular formula is C5H7NO5. The van der Waals surface area contributed by atoms with E-state index < -0.39 is 23.9 Å². The second-order valence-corrected chi connectivity index (χ2v) is 2.15. The molecule has 0 aliphatic carbocycles. The number of cyclic esters (lactones) is 1. The van der Waals surface area contributed by atoms with Crippen molar-refractivity contribution in [2.24, 2.45) is 5.92 Å². The van der Waals surface area contributed by atoms with Crippen molar-refractivity contribution < 1.29 is 24.6 Å². The molecule has 1 heterocycles. The van der Waals surface area contributed by atoms with Crippen LogP contribution >= 0.6 is 0 Å². The summed E-state index contributed by atoms with van der Waals surface area (Å²) in [6.45, 7) is -0.198. The van der Waals surface area contributed by atoms with Crippen LogP contribution in [0.5, 0.6) is 0 Å². The van der Waals surface area contributed by atoms with Crippen LogP contribution in [-0.2, 0) is 14.3 Å². The van der Waals surface area contributed by atoms with Crippen LogP contribution in [0.1, 0.15) is 0 Å². The standard InChI is InChI=1S/C5H7NO5/c7-2-1-11-5(9)3(2)4(8)6-10/h2-3,7,10H,1H2,(H,6,8). The number of rotatable bonds is 1. The number of aliphatic hydroxyl groups excluding tert-OH is 1. The highest BCUT2D eigenvalue weighted by atomic mass is 16.6. The Hall–Kier alpha value is -1.14. The molecule has 0 aromatic carbocycles. The fourth-order valence-corrected chi connectivity index (χ4v) is 0.862. The highest BCUT2D eigenvalue weighted by Gasteiger charge is 2.41. The van der Waals surface area contributed by atoms with Gasteiger partial charge in [0.15, 0.2) is 5.92 Å². The van der Waals surface area contributed by atoms with Gasteiger partial charge < -0.3 is 9.84 Å². The van der Waals surface area contributed by atoms with Crippen LogP contribution in [0.25, 0.3) is 0 Å². The Labute approximate surface area is 61.7 Å². The molecule has 0 spiro atoms. The fourth-order valence-electron chi connectivity index (χ4n) is 0.862. The second kappa shape index (κ2) is 2.85. The highest BCUT2D eigenvalue weighted by Crippen LogP contribution is 2.14. The summed E-state index contributed by atoms with van der Waals surface area (Å²) in [5.74, 6) is -3.05. The zero-order valence-electron chi connectivity index (χ0n) is 5.48. The molecule has 2 atom stereocenters. The van der Waals surface area contributed by atoms with E-state index in [1.165, 1.54) is 5.48 Å². The fraction of sp³-hybridized carbons (Fsp3) is 0.600. The molecule has 1 amide bonds. The van der Waals surface area contributed by atoms with E-state index in [1.54, 1.807) is 0 Å². The number of ether oxygens (including phenoxy) is 1. The minimum atomic E-state index is -1.29. The molecule has 1 aliphatic heterocycles. The number of esters is 1. The van der Waals surface area contributed by atoms with Crippen molar-refractivity contribution in [2.75, 3.05) is 6.61 Å². The lowest BCUT2D eigenvalue weighted by atomic mass is 10.1. The van der Waals surface area contributed by atoms with Crippen LogP contribution in [0.3, 0.4) is 0 Å². The van der Waals surface area contributed by atoms with Crippen LogP contribution in [0, 0.1) is 5.92 Å². The summed E-state index contributed by atoms with van der Waals surface area (Å²) >= 11 is 0. The minimum absolute atomic E-state index is 0.198. The van der Waals surface area contributed by atoms with Crippen LogP contribution in [0.2, 0.25) is 0 Å². The normalized spacial score (nSPS) is 29.8. The SMILES string of the molecule is O=C(NO)C1C(=O)OCC1O. The number of hydrogen-bond donors (Lipinski definition) is 3. The van der Waals surface area contributed by atoms with E-state index in [4.69, 9.17) is 10.3 Å². The first kappa shape index (κ1) is 7.96. The number of amides is 1. The third-order valence-corrected chi connectivity index (χ3v) is 1.43. The van der Waals surface area contributed by atoms with Gasteiger partial charge in [-0.15, -0.1) is 0 Å². The minimum Gasteiger partial charge on any atom is -0.462 e. The summed E-state index contributed by atoms with van der Waals surface area (Å²) in [6, 6.07) is 0. The van der Waals surface area contributed by atoms with Crippen LogP contribution < -0.4 is 5.48 Å². The van der Waals surface area contributed by atoms with Crippen LogP contribution in [0.15, 0.2) is 0 Å². The van der Waals surface area contributed by atoms with E-state index in [0.29, 0.717) is 0 Å². The van der Waals surface area contributed by atoms with Gasteiger partial charge in [0.05, 0.1) is 0 Å². The third kappa shape index (κ3) is 1.31. The number of nitrogens with one attached hydrogen (secondary N) is 1. The van der Waals surface area contributed by atoms with Crippen LogP contribution in [-0.4, -0.2) is 34.9 Å². The molecule has 1 rings (SSSR count). The molecule has 0 bridgehead atoms. The zero-order valence-corrected chi connectivity index (χ0v) is 5.48. The van der Waals surface area contributed by atoms with Gasteiger partial charge in [-0.1, -0.05) is 0 Å². The largest absolute Gasteiger partial charge is 0.462 e. The number of carbonyl (C=O) groups excluding carboxylic acids is 2. The first-order chi connectivity index (χ1) is 5.16. The first-order valence-electron chi connectivity index (χ1n) is 2.95. The number of hydrogen-bond acceptors (Lipinski definition) is 5. The molecule has 6 heteroatoms. The van der Waals surface area contributed by atoms with Crippen molar-refractivity contribution in [1.29, 1.82) is 0 Å². The monoisotopic (exact) mass is 161 g/mol. The Morgan fingerprint density at radius 3 is 2.73 bits per heavy atom. The van der Waals surface area contributed by atoms with Crippen molar-refractivity contribution in [3.05, 3.63) is 0 Å². The molecule has 2 unspecified atom stereocenters. The topological polar surface area (TPSA) is 95.9 Å². The Morgan fingerprint density at radius 1 is 1.73 bits per heavy atom. The predicted molar refractivity (Wildman–Crippen MR) is 30.4 cm³/mol. The van der Waals surface area contributed by atoms with Crippen molar-refractivity contribution >= 4 is 11.9 Å². The molecule has 0 saturated carbocycles. The van der Waals surface area contributed by atoms with Crippen molar-refractivity contribution in [3.8, 4) is 0 Å². The van der Waals surface area contributed by atoms with Gasteiger partial charge in [0.25, 0.3) is 5.91 Å². The summed E-state index contributed by atoms with van der Waals surface area (Å²) in [5.41, 5.74) is 1.27. The van der Waals surface area contributed by atoms with Gasteiger partial charge in [-0.2, -0.15) is 0 Å². The quantitative estimate of drug-likeness (QED) is 0.179. The smallest absolute Gasteiger partial charge is 0.321 e. The molecule has 3 N–H and O–H groups in total. The lowest BCUT2D eigenvalue weighted by molar-refractivity contribution is -0.148. The maximum atomic E-state index is 10.6. The van der Waals surface area contributed by atoms with Crippen molar-refractivity contribution in [3.63, 3.8) is 0 Å². The number of hydroxylamine groups is 1. The first-order valence-corrected chi connectivity index (χ1v) is 2.95. The van der Waals surface area contributed by atoms with Gasteiger partial charge in [-0.3, -0.25) is 14.8 Å². The molecular weight excluding hydrogens is 154 g/mol. The Kier molecular flexibility index (Phi) is 2.06. The van der Waals surface area contributed by atoms with E-state index in [1.807, 2.05) is 0 Å². The van der Waals surface area contributed by atoms with E-state index >= 15 is 0 Å². The van der Waals surface area contributed by atoms with Gasteiger partial charge in [0.2, 0.25) is 0 Å².